The van der Waals surface area contributed by atoms with Gasteiger partial charge in [-0.3, -0.25) is 0 Å². The van der Waals surface area contributed by atoms with Gasteiger partial charge in [-0.15, -0.1) is 5.10 Å². The molecule has 1 aromatic carbocycles. The van der Waals surface area contributed by atoms with Gasteiger partial charge in [0.2, 0.25) is 0 Å². The predicted molar refractivity (Wildman–Crippen MR) is 75.0 cm³/mol. The zero-order valence-corrected chi connectivity index (χ0v) is 12.4. The van der Waals surface area contributed by atoms with E-state index in [-0.39, 0.29) is 5.69 Å². The summed E-state index contributed by atoms with van der Waals surface area (Å²) < 4.78 is 2.18. The number of carboxylic acids is 1. The van der Waals surface area contributed by atoms with Gasteiger partial charge in [-0.1, -0.05) is 36.2 Å². The van der Waals surface area contributed by atoms with Gasteiger partial charge >= 0.3 is 5.97 Å². The summed E-state index contributed by atoms with van der Waals surface area (Å²) in [6.45, 7) is 1.97. The van der Waals surface area contributed by atoms with Crippen LogP contribution < -0.4 is 0 Å². The van der Waals surface area contributed by atoms with E-state index in [1.54, 1.807) is 18.2 Å². The van der Waals surface area contributed by atoms with E-state index in [1.165, 1.54) is 4.68 Å². The number of hydrogen-bond donors (Lipinski definition) is 1. The highest BCUT2D eigenvalue weighted by Gasteiger charge is 2.20. The Bertz CT molecular complexity index is 627. The molecule has 0 spiro atoms. The fraction of sp³-hybridized carbons (Fsp3) is 0.250. The summed E-state index contributed by atoms with van der Waals surface area (Å²) in [4.78, 5) is 11.1. The molecular weight excluding hydrogens is 334 g/mol. The fourth-order valence-electron chi connectivity index (χ4n) is 1.78. The molecule has 0 aliphatic rings. The highest BCUT2D eigenvalue weighted by molar-refractivity contribution is 9.10. The van der Waals surface area contributed by atoms with Crippen LogP contribution in [0.3, 0.4) is 0 Å². The number of benzene rings is 1. The largest absolute Gasteiger partial charge is 0.476 e. The van der Waals surface area contributed by atoms with E-state index in [1.807, 2.05) is 6.92 Å². The van der Waals surface area contributed by atoms with Crippen LogP contribution in [0.25, 0.3) is 5.69 Å². The number of carboxylic acid groups (broad SMARTS) is 1. The van der Waals surface area contributed by atoms with E-state index >= 15 is 0 Å². The van der Waals surface area contributed by atoms with Gasteiger partial charge < -0.3 is 5.11 Å². The highest BCUT2D eigenvalue weighted by Crippen LogP contribution is 2.29. The molecule has 2 rings (SSSR count). The van der Waals surface area contributed by atoms with Crippen LogP contribution in [0, 0.1) is 0 Å². The van der Waals surface area contributed by atoms with Gasteiger partial charge in [0.05, 0.1) is 20.9 Å². The summed E-state index contributed by atoms with van der Waals surface area (Å²) in [5.74, 6) is -1.08. The van der Waals surface area contributed by atoms with E-state index in [0.29, 0.717) is 27.3 Å². The molecule has 1 heterocycles. The molecule has 2 aromatic rings. The average molecular weight is 345 g/mol. The Kier molecular flexibility index (Phi) is 4.21. The third-order valence-electron chi connectivity index (χ3n) is 2.61. The molecule has 0 radical (unpaired) electrons. The Labute approximate surface area is 123 Å². The minimum Gasteiger partial charge on any atom is -0.476 e. The van der Waals surface area contributed by atoms with Crippen molar-refractivity contribution in [1.82, 2.24) is 15.0 Å². The minimum absolute atomic E-state index is 0.0197. The van der Waals surface area contributed by atoms with Gasteiger partial charge in [-0.05, 0) is 34.5 Å². The van der Waals surface area contributed by atoms with Crippen LogP contribution in [0.5, 0.6) is 0 Å². The number of aromatic carboxylic acids is 1. The van der Waals surface area contributed by atoms with Crippen LogP contribution in [0.1, 0.15) is 29.5 Å². The fourth-order valence-corrected chi connectivity index (χ4v) is 2.38. The molecule has 0 bridgehead atoms. The molecule has 0 aliphatic carbocycles. The predicted octanol–water partition coefficient (Wildman–Crippen LogP) is 3.33. The molecular formula is C12H11BrClN3O2. The smallest absolute Gasteiger partial charge is 0.358 e. The summed E-state index contributed by atoms with van der Waals surface area (Å²) in [6, 6.07) is 5.32. The maximum atomic E-state index is 11.1. The zero-order chi connectivity index (χ0) is 14.0. The van der Waals surface area contributed by atoms with Gasteiger partial charge in [0, 0.05) is 0 Å². The molecule has 0 aliphatic heterocycles. The topological polar surface area (TPSA) is 68.0 Å². The van der Waals surface area contributed by atoms with Crippen LogP contribution in [0.4, 0.5) is 0 Å². The first-order valence-electron chi connectivity index (χ1n) is 5.68. The zero-order valence-electron chi connectivity index (χ0n) is 10.1. The molecule has 0 saturated carbocycles. The van der Waals surface area contributed by atoms with Crippen LogP contribution in [0.2, 0.25) is 5.02 Å². The van der Waals surface area contributed by atoms with E-state index in [4.69, 9.17) is 16.7 Å². The lowest BCUT2D eigenvalue weighted by atomic mass is 10.2. The quantitative estimate of drug-likeness (QED) is 0.923. The molecule has 0 fully saturated rings. The summed E-state index contributed by atoms with van der Waals surface area (Å²) >= 11 is 9.42. The van der Waals surface area contributed by atoms with Crippen LogP contribution >= 0.6 is 27.5 Å². The Morgan fingerprint density at radius 1 is 1.53 bits per heavy atom. The number of aromatic nitrogens is 3. The van der Waals surface area contributed by atoms with Gasteiger partial charge in [-0.2, -0.15) is 0 Å². The van der Waals surface area contributed by atoms with Crippen molar-refractivity contribution in [1.29, 1.82) is 0 Å². The molecule has 1 aromatic heterocycles. The van der Waals surface area contributed by atoms with E-state index < -0.39 is 5.97 Å². The normalized spacial score (nSPS) is 10.7. The first kappa shape index (κ1) is 14.0. The molecule has 0 amide bonds. The van der Waals surface area contributed by atoms with Gasteiger partial charge in [0.15, 0.2) is 5.69 Å². The second-order valence-electron chi connectivity index (χ2n) is 3.92. The molecule has 0 unspecified atom stereocenters. The number of hydrogen-bond acceptors (Lipinski definition) is 3. The number of carbonyl (C=O) groups is 1. The summed E-state index contributed by atoms with van der Waals surface area (Å²) in [5, 5.41) is 17.3. The number of rotatable bonds is 4. The lowest BCUT2D eigenvalue weighted by Gasteiger charge is -2.09. The molecule has 5 nitrogen and oxygen atoms in total. The van der Waals surface area contributed by atoms with Crippen molar-refractivity contribution in [3.05, 3.63) is 39.1 Å². The number of halogens is 2. The summed E-state index contributed by atoms with van der Waals surface area (Å²) in [5.41, 5.74) is 1.22. The molecule has 7 heteroatoms. The molecule has 0 atom stereocenters. The van der Waals surface area contributed by atoms with E-state index in [0.717, 1.165) is 6.42 Å². The Morgan fingerprint density at radius 2 is 2.26 bits per heavy atom. The Hall–Kier alpha value is -1.40. The Morgan fingerprint density at radius 3 is 2.89 bits per heavy atom. The first-order valence-corrected chi connectivity index (χ1v) is 6.85. The van der Waals surface area contributed by atoms with Gasteiger partial charge in [0.25, 0.3) is 0 Å². The second kappa shape index (κ2) is 5.71. The van der Waals surface area contributed by atoms with Crippen LogP contribution in [0.15, 0.2) is 22.7 Å². The first-order chi connectivity index (χ1) is 9.06. The lowest BCUT2D eigenvalue weighted by Crippen LogP contribution is -2.07. The van der Waals surface area contributed by atoms with Crippen molar-refractivity contribution in [3.8, 4) is 5.69 Å². The second-order valence-corrected chi connectivity index (χ2v) is 5.12. The third kappa shape index (κ3) is 2.64. The van der Waals surface area contributed by atoms with E-state index in [9.17, 15) is 4.79 Å². The standard InChI is InChI=1S/C12H11BrClN3O2/c1-2-4-9-11(12(18)19)15-16-17(9)8-6-3-5-7(14)10(8)13/h3,5-6H,2,4H2,1H3,(H,18,19). The number of nitrogens with zero attached hydrogens (tertiary/aromatic N) is 3. The van der Waals surface area contributed by atoms with Crippen LogP contribution in [-0.4, -0.2) is 26.1 Å². The SMILES string of the molecule is CCCc1c(C(=O)O)nnn1-c1cccc(Cl)c1Br. The molecule has 0 saturated heterocycles. The molecule has 100 valence electrons. The lowest BCUT2D eigenvalue weighted by molar-refractivity contribution is 0.0689. The van der Waals surface area contributed by atoms with Crippen LogP contribution in [-0.2, 0) is 6.42 Å². The van der Waals surface area contributed by atoms with E-state index in [2.05, 4.69) is 26.2 Å². The van der Waals surface area contributed by atoms with Gasteiger partial charge in [-0.25, -0.2) is 9.48 Å². The minimum atomic E-state index is -1.08. The maximum absolute atomic E-state index is 11.1. The third-order valence-corrected chi connectivity index (χ3v) is 3.99. The Balaban J connectivity index is 2.62. The van der Waals surface area contributed by atoms with Crippen molar-refractivity contribution < 1.29 is 9.90 Å². The molecule has 19 heavy (non-hydrogen) atoms. The average Bonchev–Trinajstić information content (AvgIpc) is 2.77. The highest BCUT2D eigenvalue weighted by atomic mass is 79.9. The van der Waals surface area contributed by atoms with Crippen molar-refractivity contribution in [2.24, 2.45) is 0 Å². The van der Waals surface area contributed by atoms with Crippen molar-refractivity contribution in [2.75, 3.05) is 0 Å². The van der Waals surface area contributed by atoms with Crippen molar-refractivity contribution in [2.45, 2.75) is 19.8 Å². The van der Waals surface area contributed by atoms with Crippen molar-refractivity contribution >= 4 is 33.5 Å². The summed E-state index contributed by atoms with van der Waals surface area (Å²) in [7, 11) is 0. The maximum Gasteiger partial charge on any atom is 0.358 e. The van der Waals surface area contributed by atoms with Crippen molar-refractivity contribution in [3.63, 3.8) is 0 Å². The molecule has 1 N–H and O–H groups in total. The monoisotopic (exact) mass is 343 g/mol. The summed E-state index contributed by atoms with van der Waals surface area (Å²) in [6.07, 6.45) is 1.37. The van der Waals surface area contributed by atoms with Gasteiger partial charge in [0.1, 0.15) is 0 Å².